The number of halogens is 1. The van der Waals surface area contributed by atoms with Crippen molar-refractivity contribution in [2.45, 2.75) is 4.90 Å². The molecular weight excluding hydrogens is 356 g/mol. The van der Waals surface area contributed by atoms with E-state index in [0.29, 0.717) is 16.7 Å². The average molecular weight is 369 g/mol. The molecule has 20 heavy (non-hydrogen) atoms. The van der Waals surface area contributed by atoms with E-state index in [2.05, 4.69) is 26.2 Å². The summed E-state index contributed by atoms with van der Waals surface area (Å²) in [6, 6.07) is 11.6. The maximum Gasteiger partial charge on any atom is 0.254 e. The lowest BCUT2D eigenvalue weighted by atomic mass is 10.3. The predicted octanol–water partition coefficient (Wildman–Crippen LogP) is 4.03. The van der Waals surface area contributed by atoms with Gasteiger partial charge in [0.25, 0.3) is 5.91 Å². The van der Waals surface area contributed by atoms with Crippen LogP contribution in [0.4, 0.5) is 0 Å². The number of carbonyl (C=O) groups is 1. The Kier molecular flexibility index (Phi) is 5.82. The number of hydrogen-bond donors (Lipinski definition) is 2. The fourth-order valence-corrected chi connectivity index (χ4v) is 2.82. The number of amides is 1. The molecule has 1 aromatic heterocycles. The molecule has 1 aromatic carbocycles. The number of thioether (sulfide) groups is 1. The summed E-state index contributed by atoms with van der Waals surface area (Å²) in [6.45, 7) is 0.600. The minimum Gasteiger partial charge on any atom is -0.352 e. The van der Waals surface area contributed by atoms with Crippen LogP contribution >= 0.6 is 39.9 Å². The van der Waals surface area contributed by atoms with Crippen LogP contribution in [0.15, 0.2) is 52.0 Å². The van der Waals surface area contributed by atoms with E-state index >= 15 is 0 Å². The predicted molar refractivity (Wildman–Crippen MR) is 88.8 cm³/mol. The van der Waals surface area contributed by atoms with Gasteiger partial charge in [-0.15, -0.1) is 11.8 Å². The van der Waals surface area contributed by atoms with Gasteiger partial charge in [0, 0.05) is 27.9 Å². The van der Waals surface area contributed by atoms with Crippen molar-refractivity contribution >= 4 is 45.8 Å². The normalized spacial score (nSPS) is 10.2. The zero-order valence-corrected chi connectivity index (χ0v) is 13.8. The van der Waals surface area contributed by atoms with Crippen molar-refractivity contribution in [1.82, 2.24) is 10.3 Å². The average Bonchev–Trinajstić information content (AvgIpc) is 2.46. The van der Waals surface area contributed by atoms with Gasteiger partial charge in [0.2, 0.25) is 0 Å². The fraction of sp³-hybridized carbons (Fsp3) is 0.143. The van der Waals surface area contributed by atoms with Crippen molar-refractivity contribution < 1.29 is 4.79 Å². The van der Waals surface area contributed by atoms with Crippen molar-refractivity contribution in [3.05, 3.63) is 57.3 Å². The molecule has 0 unspecified atom stereocenters. The lowest BCUT2D eigenvalue weighted by Gasteiger charge is -2.05. The molecule has 0 radical (unpaired) electrons. The molecule has 0 spiro atoms. The third kappa shape index (κ3) is 4.47. The molecule has 0 fully saturated rings. The number of H-pyrrole nitrogens is 1. The summed E-state index contributed by atoms with van der Waals surface area (Å²) in [5.74, 6) is 0.680. The molecule has 1 amide bonds. The van der Waals surface area contributed by atoms with E-state index in [1.54, 1.807) is 30.1 Å². The Bertz CT molecular complexity index is 640. The first kappa shape index (κ1) is 15.3. The summed E-state index contributed by atoms with van der Waals surface area (Å²) in [5, 5.41) is 2.87. The van der Waals surface area contributed by atoms with Gasteiger partial charge >= 0.3 is 0 Å². The van der Waals surface area contributed by atoms with E-state index in [1.165, 1.54) is 4.90 Å². The molecule has 104 valence electrons. The van der Waals surface area contributed by atoms with Gasteiger partial charge in [-0.2, -0.15) is 0 Å². The SMILES string of the molecule is O=C(NCCSc1ccc(Br)cc1)c1ccc[nH]c1=S. The number of aromatic amines is 1. The van der Waals surface area contributed by atoms with Gasteiger partial charge in [-0.25, -0.2) is 0 Å². The summed E-state index contributed by atoms with van der Waals surface area (Å²) >= 11 is 10.2. The number of carbonyl (C=O) groups excluding carboxylic acids is 1. The van der Waals surface area contributed by atoms with Crippen LogP contribution in [0.2, 0.25) is 0 Å². The number of aromatic nitrogens is 1. The van der Waals surface area contributed by atoms with E-state index in [9.17, 15) is 4.79 Å². The van der Waals surface area contributed by atoms with Gasteiger partial charge in [0.05, 0.1) is 5.56 Å². The van der Waals surface area contributed by atoms with Crippen LogP contribution in [-0.4, -0.2) is 23.2 Å². The topological polar surface area (TPSA) is 44.9 Å². The lowest BCUT2D eigenvalue weighted by molar-refractivity contribution is 0.0955. The van der Waals surface area contributed by atoms with Crippen LogP contribution in [0.3, 0.4) is 0 Å². The van der Waals surface area contributed by atoms with E-state index in [1.807, 2.05) is 24.3 Å². The van der Waals surface area contributed by atoms with Crippen molar-refractivity contribution in [3.63, 3.8) is 0 Å². The molecule has 0 saturated heterocycles. The summed E-state index contributed by atoms with van der Waals surface area (Å²) in [6.07, 6.45) is 1.71. The largest absolute Gasteiger partial charge is 0.352 e. The molecule has 2 aromatic rings. The Balaban J connectivity index is 1.79. The Hall–Kier alpha value is -1.11. The number of hydrogen-bond acceptors (Lipinski definition) is 3. The van der Waals surface area contributed by atoms with Crippen molar-refractivity contribution in [3.8, 4) is 0 Å². The van der Waals surface area contributed by atoms with E-state index in [4.69, 9.17) is 12.2 Å². The second-order valence-electron chi connectivity index (χ2n) is 3.97. The Morgan fingerprint density at radius 1 is 1.30 bits per heavy atom. The molecule has 0 aliphatic heterocycles. The van der Waals surface area contributed by atoms with Gasteiger partial charge in [-0.3, -0.25) is 4.79 Å². The van der Waals surface area contributed by atoms with E-state index < -0.39 is 0 Å². The Labute approximate surface area is 135 Å². The molecule has 2 rings (SSSR count). The summed E-state index contributed by atoms with van der Waals surface area (Å²) in [5.41, 5.74) is 0.510. The number of rotatable bonds is 5. The molecular formula is C14H13BrN2OS2. The number of benzene rings is 1. The highest BCUT2D eigenvalue weighted by atomic mass is 79.9. The van der Waals surface area contributed by atoms with Crippen LogP contribution in [-0.2, 0) is 0 Å². The fourth-order valence-electron chi connectivity index (χ4n) is 1.56. The second-order valence-corrected chi connectivity index (χ2v) is 6.46. The van der Waals surface area contributed by atoms with Crippen molar-refractivity contribution in [1.29, 1.82) is 0 Å². The maximum absolute atomic E-state index is 11.9. The molecule has 0 aliphatic rings. The summed E-state index contributed by atoms with van der Waals surface area (Å²) < 4.78 is 1.53. The van der Waals surface area contributed by atoms with E-state index in [-0.39, 0.29) is 5.91 Å². The highest BCUT2D eigenvalue weighted by molar-refractivity contribution is 9.10. The monoisotopic (exact) mass is 368 g/mol. The molecule has 2 N–H and O–H groups in total. The third-order valence-electron chi connectivity index (χ3n) is 2.53. The van der Waals surface area contributed by atoms with Gasteiger partial charge in [0.15, 0.2) is 0 Å². The highest BCUT2D eigenvalue weighted by Crippen LogP contribution is 2.19. The van der Waals surface area contributed by atoms with Gasteiger partial charge in [0.1, 0.15) is 4.64 Å². The molecule has 0 bridgehead atoms. The molecule has 1 heterocycles. The van der Waals surface area contributed by atoms with Crippen molar-refractivity contribution in [2.75, 3.05) is 12.3 Å². The summed E-state index contributed by atoms with van der Waals surface area (Å²) in [4.78, 5) is 15.9. The first-order valence-electron chi connectivity index (χ1n) is 6.01. The first-order valence-corrected chi connectivity index (χ1v) is 8.20. The zero-order valence-electron chi connectivity index (χ0n) is 10.6. The quantitative estimate of drug-likeness (QED) is 0.475. The van der Waals surface area contributed by atoms with Gasteiger partial charge in [-0.1, -0.05) is 28.1 Å². The molecule has 6 heteroatoms. The first-order chi connectivity index (χ1) is 9.66. The number of pyridine rings is 1. The van der Waals surface area contributed by atoms with Crippen LogP contribution < -0.4 is 5.32 Å². The standard InChI is InChI=1S/C14H13BrN2OS2/c15-10-3-5-11(6-4-10)20-9-8-16-13(18)12-2-1-7-17-14(12)19/h1-7H,8-9H2,(H,16,18)(H,17,19). The molecule has 0 atom stereocenters. The number of nitrogens with one attached hydrogen (secondary N) is 2. The molecule has 0 saturated carbocycles. The second kappa shape index (κ2) is 7.61. The zero-order chi connectivity index (χ0) is 14.4. The minimum atomic E-state index is -0.136. The summed E-state index contributed by atoms with van der Waals surface area (Å²) in [7, 11) is 0. The van der Waals surface area contributed by atoms with E-state index in [0.717, 1.165) is 10.2 Å². The van der Waals surface area contributed by atoms with Crippen LogP contribution in [0.5, 0.6) is 0 Å². The minimum absolute atomic E-state index is 0.136. The van der Waals surface area contributed by atoms with Gasteiger partial charge < -0.3 is 10.3 Å². The molecule has 3 nitrogen and oxygen atoms in total. The Morgan fingerprint density at radius 2 is 2.05 bits per heavy atom. The highest BCUT2D eigenvalue weighted by Gasteiger charge is 2.06. The maximum atomic E-state index is 11.9. The smallest absolute Gasteiger partial charge is 0.254 e. The van der Waals surface area contributed by atoms with Gasteiger partial charge in [-0.05, 0) is 36.4 Å². The molecule has 0 aliphatic carbocycles. The Morgan fingerprint density at radius 3 is 2.75 bits per heavy atom. The van der Waals surface area contributed by atoms with Crippen LogP contribution in [0.25, 0.3) is 0 Å². The lowest BCUT2D eigenvalue weighted by Crippen LogP contribution is -2.26. The van der Waals surface area contributed by atoms with Crippen molar-refractivity contribution in [2.24, 2.45) is 0 Å². The van der Waals surface area contributed by atoms with Crippen LogP contribution in [0, 0.1) is 4.64 Å². The third-order valence-corrected chi connectivity index (χ3v) is 4.41. The van der Waals surface area contributed by atoms with Crippen LogP contribution in [0.1, 0.15) is 10.4 Å².